The number of carbonyl (C=O) groups is 1. The Morgan fingerprint density at radius 3 is 2.78 bits per heavy atom. The van der Waals surface area contributed by atoms with Crippen molar-refractivity contribution in [1.29, 1.82) is 0 Å². The number of nitrogens with zero attached hydrogens (tertiary/aromatic N) is 7. The van der Waals surface area contributed by atoms with Crippen molar-refractivity contribution < 1.29 is 23.1 Å². The normalized spacial score (nSPS) is 16.3. The number of aromatic nitrogens is 6. The van der Waals surface area contributed by atoms with E-state index in [1.54, 1.807) is 30.6 Å². The smallest absolute Gasteiger partial charge is 0.408 e. The highest BCUT2D eigenvalue weighted by molar-refractivity contribution is 5.81. The van der Waals surface area contributed by atoms with Crippen molar-refractivity contribution in [3.05, 3.63) is 43.0 Å². The molecule has 4 N–H and O–H groups in total. The van der Waals surface area contributed by atoms with E-state index in [2.05, 4.69) is 30.4 Å². The van der Waals surface area contributed by atoms with Gasteiger partial charge in [0, 0.05) is 59.8 Å². The van der Waals surface area contributed by atoms with E-state index in [0.717, 1.165) is 29.8 Å². The average Bonchev–Trinajstić information content (AvgIpc) is 3.44. The number of carboxylic acid groups (broad SMARTS) is 1. The van der Waals surface area contributed by atoms with Crippen LogP contribution in [-0.2, 0) is 17.9 Å². The zero-order valence-corrected chi connectivity index (χ0v) is 19.6. The van der Waals surface area contributed by atoms with Gasteiger partial charge in [-0.1, -0.05) is 0 Å². The number of hydrogen-bond donors (Lipinski definition) is 3. The molecule has 0 saturated carbocycles. The third-order valence-corrected chi connectivity index (χ3v) is 5.99. The Balaban J connectivity index is 1.48. The number of pyridine rings is 2. The van der Waals surface area contributed by atoms with Gasteiger partial charge < -0.3 is 21.1 Å². The predicted molar refractivity (Wildman–Crippen MR) is 129 cm³/mol. The van der Waals surface area contributed by atoms with E-state index in [9.17, 15) is 18.0 Å². The van der Waals surface area contributed by atoms with Crippen molar-refractivity contribution in [1.82, 2.24) is 29.5 Å². The van der Waals surface area contributed by atoms with Crippen LogP contribution in [0, 0.1) is 0 Å². The minimum atomic E-state index is -4.38. The Kier molecular flexibility index (Phi) is 6.41. The van der Waals surface area contributed by atoms with Gasteiger partial charge in [0.05, 0.1) is 12.4 Å². The van der Waals surface area contributed by atoms with Gasteiger partial charge in [-0.25, -0.2) is 14.6 Å². The van der Waals surface area contributed by atoms with Gasteiger partial charge in [0.2, 0.25) is 0 Å². The molecule has 1 aliphatic heterocycles. The van der Waals surface area contributed by atoms with E-state index < -0.39 is 18.7 Å². The summed E-state index contributed by atoms with van der Waals surface area (Å²) in [5.41, 5.74) is 8.51. The van der Waals surface area contributed by atoms with Crippen molar-refractivity contribution in [3.63, 3.8) is 0 Å². The van der Waals surface area contributed by atoms with Crippen molar-refractivity contribution in [2.45, 2.75) is 38.1 Å². The first kappa shape index (κ1) is 24.5. The molecule has 0 unspecified atom stereocenters. The van der Waals surface area contributed by atoms with Crippen LogP contribution in [0.2, 0.25) is 0 Å². The summed E-state index contributed by atoms with van der Waals surface area (Å²) in [4.78, 5) is 22.2. The van der Waals surface area contributed by atoms with Crippen LogP contribution in [0.4, 0.5) is 30.5 Å². The molecule has 0 amide bonds. The largest absolute Gasteiger partial charge is 0.480 e. The number of anilines is 3. The van der Waals surface area contributed by atoms with Gasteiger partial charge in [0.1, 0.15) is 24.7 Å². The lowest BCUT2D eigenvalue weighted by atomic mass is 10.0. The zero-order chi connectivity index (χ0) is 26.2. The highest BCUT2D eigenvalue weighted by Gasteiger charge is 2.29. The number of carboxylic acids is 1. The molecule has 0 spiro atoms. The maximum absolute atomic E-state index is 12.8. The summed E-state index contributed by atoms with van der Waals surface area (Å²) < 4.78 is 40.7. The number of halogens is 3. The topological polar surface area (TPSA) is 140 Å². The first-order chi connectivity index (χ1) is 17.6. The molecule has 0 aliphatic carbocycles. The standard InChI is InChI=1S/C23H24F3N9O2/c24-23(25,26)13-34-10-15(8-29-34)17-9-28-20(6-18(17)33-5-1-2-16(27)11-33)31-19-4-3-14-7-30-35(12-21(36)37)22(14)32-19/h3-4,6-10,16H,1-2,5,11-13,27H2,(H,36,37)(H,28,31,32)/t16-/m0/s1. The van der Waals surface area contributed by atoms with Gasteiger partial charge in [0.25, 0.3) is 0 Å². The van der Waals surface area contributed by atoms with Crippen LogP contribution in [0.1, 0.15) is 12.8 Å². The highest BCUT2D eigenvalue weighted by Crippen LogP contribution is 2.34. The van der Waals surface area contributed by atoms with Crippen LogP contribution in [-0.4, -0.2) is 65.9 Å². The Morgan fingerprint density at radius 2 is 2.03 bits per heavy atom. The second kappa shape index (κ2) is 9.69. The van der Waals surface area contributed by atoms with Crippen LogP contribution in [0.15, 0.2) is 43.0 Å². The molecule has 1 atom stereocenters. The predicted octanol–water partition coefficient (Wildman–Crippen LogP) is 3.01. The third-order valence-electron chi connectivity index (χ3n) is 5.99. The highest BCUT2D eigenvalue weighted by atomic mass is 19.4. The second-order valence-corrected chi connectivity index (χ2v) is 8.91. The fraction of sp³-hybridized carbons (Fsp3) is 0.348. The molecule has 1 saturated heterocycles. The monoisotopic (exact) mass is 515 g/mol. The minimum absolute atomic E-state index is 0.0299. The summed E-state index contributed by atoms with van der Waals surface area (Å²) in [6, 6.07) is 5.26. The average molecular weight is 516 g/mol. The Morgan fingerprint density at radius 1 is 1.19 bits per heavy atom. The van der Waals surface area contributed by atoms with Crippen LogP contribution >= 0.6 is 0 Å². The summed E-state index contributed by atoms with van der Waals surface area (Å²) in [6.07, 6.45) is 3.25. The van der Waals surface area contributed by atoms with Crippen molar-refractivity contribution in [2.75, 3.05) is 23.3 Å². The summed E-state index contributed by atoms with van der Waals surface area (Å²) >= 11 is 0. The molecule has 0 bridgehead atoms. The SMILES string of the molecule is N[C@H]1CCCN(c2cc(Nc3ccc4cnn(CC(=O)O)c4n3)ncc2-c2cnn(CC(F)(F)F)c2)C1. The number of piperidine rings is 1. The molecular formula is C23H24F3N9O2. The maximum atomic E-state index is 12.8. The first-order valence-electron chi connectivity index (χ1n) is 11.6. The summed E-state index contributed by atoms with van der Waals surface area (Å²) in [5, 5.41) is 20.9. The van der Waals surface area contributed by atoms with Crippen LogP contribution in [0.5, 0.6) is 0 Å². The van der Waals surface area contributed by atoms with Crippen molar-refractivity contribution in [3.8, 4) is 11.1 Å². The number of fused-ring (bicyclic) bond motifs is 1. The van der Waals surface area contributed by atoms with Gasteiger partial charge >= 0.3 is 12.1 Å². The fourth-order valence-electron chi connectivity index (χ4n) is 4.40. The minimum Gasteiger partial charge on any atom is -0.480 e. The lowest BCUT2D eigenvalue weighted by Gasteiger charge is -2.34. The number of rotatable bonds is 7. The lowest BCUT2D eigenvalue weighted by molar-refractivity contribution is -0.142. The molecule has 194 valence electrons. The van der Waals surface area contributed by atoms with E-state index in [1.165, 1.54) is 17.1 Å². The molecule has 1 aliphatic rings. The Labute approximate surface area is 208 Å². The van der Waals surface area contributed by atoms with E-state index in [0.29, 0.717) is 40.3 Å². The van der Waals surface area contributed by atoms with Gasteiger partial charge in [-0.05, 0) is 25.0 Å². The molecule has 14 heteroatoms. The van der Waals surface area contributed by atoms with Crippen LogP contribution < -0.4 is 16.0 Å². The molecule has 37 heavy (non-hydrogen) atoms. The van der Waals surface area contributed by atoms with Crippen LogP contribution in [0.25, 0.3) is 22.2 Å². The fourth-order valence-corrected chi connectivity index (χ4v) is 4.40. The molecule has 5 heterocycles. The summed E-state index contributed by atoms with van der Waals surface area (Å²) in [7, 11) is 0. The number of aliphatic carboxylic acids is 1. The van der Waals surface area contributed by atoms with Crippen molar-refractivity contribution in [2.24, 2.45) is 5.73 Å². The van der Waals surface area contributed by atoms with E-state index in [4.69, 9.17) is 10.8 Å². The first-order valence-corrected chi connectivity index (χ1v) is 11.6. The zero-order valence-electron chi connectivity index (χ0n) is 19.6. The number of nitrogens with one attached hydrogen (secondary N) is 1. The van der Waals surface area contributed by atoms with Crippen molar-refractivity contribution >= 4 is 34.3 Å². The quantitative estimate of drug-likeness (QED) is 0.339. The van der Waals surface area contributed by atoms with Gasteiger partial charge in [0.15, 0.2) is 5.65 Å². The number of hydrogen-bond acceptors (Lipinski definition) is 8. The van der Waals surface area contributed by atoms with Gasteiger partial charge in [-0.15, -0.1) is 0 Å². The van der Waals surface area contributed by atoms with Crippen LogP contribution in [0.3, 0.4) is 0 Å². The molecular weight excluding hydrogens is 491 g/mol. The van der Waals surface area contributed by atoms with Gasteiger partial charge in [-0.3, -0.25) is 9.48 Å². The van der Waals surface area contributed by atoms with E-state index in [-0.39, 0.29) is 12.6 Å². The molecule has 1 fully saturated rings. The molecule has 11 nitrogen and oxygen atoms in total. The molecule has 5 rings (SSSR count). The summed E-state index contributed by atoms with van der Waals surface area (Å²) in [6.45, 7) is -0.184. The number of alkyl halides is 3. The Bertz CT molecular complexity index is 1430. The van der Waals surface area contributed by atoms with Gasteiger partial charge in [-0.2, -0.15) is 23.4 Å². The molecule has 0 aromatic carbocycles. The molecule has 4 aromatic rings. The Hall–Kier alpha value is -4.20. The van der Waals surface area contributed by atoms with E-state index >= 15 is 0 Å². The molecule has 4 aromatic heterocycles. The van der Waals surface area contributed by atoms with E-state index in [1.807, 2.05) is 0 Å². The maximum Gasteiger partial charge on any atom is 0.408 e. The lowest BCUT2D eigenvalue weighted by Crippen LogP contribution is -2.43. The second-order valence-electron chi connectivity index (χ2n) is 8.91. The summed E-state index contributed by atoms with van der Waals surface area (Å²) in [5.74, 6) is -0.152. The molecule has 0 radical (unpaired) electrons. The third kappa shape index (κ3) is 5.63. The number of nitrogens with two attached hydrogens (primary N) is 1.